The summed E-state index contributed by atoms with van der Waals surface area (Å²) in [6.45, 7) is 6.30. The van der Waals surface area contributed by atoms with Crippen molar-refractivity contribution in [1.29, 1.82) is 0 Å². The van der Waals surface area contributed by atoms with Crippen molar-refractivity contribution in [3.63, 3.8) is 0 Å². The van der Waals surface area contributed by atoms with Crippen LogP contribution in [0.3, 0.4) is 0 Å². The van der Waals surface area contributed by atoms with E-state index in [2.05, 4.69) is 35.4 Å². The van der Waals surface area contributed by atoms with Crippen LogP contribution in [0, 0.1) is 20.8 Å². The summed E-state index contributed by atoms with van der Waals surface area (Å²) in [5.41, 5.74) is 6.12. The maximum atomic E-state index is 12.3. The number of hydrogen-bond acceptors (Lipinski definition) is 5. The summed E-state index contributed by atoms with van der Waals surface area (Å²) in [4.78, 5) is 12.3. The fraction of sp³-hybridized carbons (Fsp3) is 0.273. The molecule has 0 N–H and O–H groups in total. The molecule has 0 aliphatic carbocycles. The van der Waals surface area contributed by atoms with Crippen LogP contribution in [0.2, 0.25) is 5.02 Å². The Hall–Kier alpha value is -3.39. The molecule has 0 bridgehead atoms. The zero-order chi connectivity index (χ0) is 22.3. The van der Waals surface area contributed by atoms with E-state index in [9.17, 15) is 4.79 Å². The first kappa shape index (κ1) is 20.9. The summed E-state index contributed by atoms with van der Waals surface area (Å²) in [6, 6.07) is 11.3. The molecule has 0 saturated carbocycles. The third kappa shape index (κ3) is 3.74. The molecule has 0 aliphatic heterocycles. The first-order valence-corrected chi connectivity index (χ1v) is 10.2. The van der Waals surface area contributed by atoms with Crippen LogP contribution in [0.15, 0.2) is 41.2 Å². The highest BCUT2D eigenvalue weighted by Gasteiger charge is 2.16. The van der Waals surface area contributed by atoms with Crippen LogP contribution in [0.4, 0.5) is 0 Å². The number of tetrazole rings is 1. The van der Waals surface area contributed by atoms with E-state index in [4.69, 9.17) is 16.3 Å². The molecule has 2 aromatic heterocycles. The fourth-order valence-corrected chi connectivity index (χ4v) is 3.67. The van der Waals surface area contributed by atoms with Crippen LogP contribution in [0.1, 0.15) is 22.4 Å². The Bertz CT molecular complexity index is 1330. The third-order valence-electron chi connectivity index (χ3n) is 5.50. The van der Waals surface area contributed by atoms with Gasteiger partial charge in [-0.25, -0.2) is 4.79 Å². The smallest absolute Gasteiger partial charge is 0.368 e. The Morgan fingerprint density at radius 2 is 1.81 bits per heavy atom. The SMILES string of the molecule is Cc1cc(-c2nn(C)c(C)c2C)ccc1OCc1c(Cl)cccc1-n1nnn(C)c1=O. The first-order valence-electron chi connectivity index (χ1n) is 9.78. The van der Waals surface area contributed by atoms with Gasteiger partial charge in [0.25, 0.3) is 0 Å². The molecule has 2 aromatic carbocycles. The minimum absolute atomic E-state index is 0.180. The maximum absolute atomic E-state index is 12.3. The minimum Gasteiger partial charge on any atom is -0.488 e. The number of ether oxygens (including phenoxy) is 1. The Kier molecular flexibility index (Phi) is 5.41. The largest absolute Gasteiger partial charge is 0.488 e. The minimum atomic E-state index is -0.356. The first-order chi connectivity index (χ1) is 14.8. The highest BCUT2D eigenvalue weighted by atomic mass is 35.5. The van der Waals surface area contributed by atoms with E-state index < -0.39 is 0 Å². The number of halogens is 1. The Labute approximate surface area is 184 Å². The molecule has 2 heterocycles. The van der Waals surface area contributed by atoms with Gasteiger partial charge in [0.05, 0.1) is 11.4 Å². The zero-order valence-corrected chi connectivity index (χ0v) is 18.8. The molecule has 9 heteroatoms. The Morgan fingerprint density at radius 1 is 1.03 bits per heavy atom. The van der Waals surface area contributed by atoms with Gasteiger partial charge in [-0.05, 0) is 72.7 Å². The molecule has 4 aromatic rings. The lowest BCUT2D eigenvalue weighted by molar-refractivity contribution is 0.303. The summed E-state index contributed by atoms with van der Waals surface area (Å²) in [5, 5.41) is 12.8. The highest BCUT2D eigenvalue weighted by molar-refractivity contribution is 6.31. The van der Waals surface area contributed by atoms with Gasteiger partial charge in [0, 0.05) is 35.9 Å². The normalized spacial score (nSPS) is 11.2. The second kappa shape index (κ2) is 8.03. The number of hydrogen-bond donors (Lipinski definition) is 0. The molecule has 0 unspecified atom stereocenters. The molecular formula is C22H23ClN6O2. The van der Waals surface area contributed by atoms with Crippen LogP contribution in [0.5, 0.6) is 5.75 Å². The molecular weight excluding hydrogens is 416 g/mol. The molecule has 0 amide bonds. The van der Waals surface area contributed by atoms with Crippen LogP contribution >= 0.6 is 11.6 Å². The van der Waals surface area contributed by atoms with E-state index in [1.54, 1.807) is 25.2 Å². The highest BCUT2D eigenvalue weighted by Crippen LogP contribution is 2.30. The predicted octanol–water partition coefficient (Wildman–Crippen LogP) is 3.52. The Balaban J connectivity index is 1.63. The van der Waals surface area contributed by atoms with E-state index >= 15 is 0 Å². The molecule has 8 nitrogen and oxygen atoms in total. The van der Waals surface area contributed by atoms with Crippen LogP contribution in [-0.2, 0) is 20.7 Å². The molecule has 0 saturated heterocycles. The molecule has 4 rings (SSSR count). The lowest BCUT2D eigenvalue weighted by Crippen LogP contribution is -2.23. The zero-order valence-electron chi connectivity index (χ0n) is 18.0. The lowest BCUT2D eigenvalue weighted by atomic mass is 10.0. The molecule has 31 heavy (non-hydrogen) atoms. The van der Waals surface area contributed by atoms with Crippen molar-refractivity contribution in [2.24, 2.45) is 14.1 Å². The van der Waals surface area contributed by atoms with Gasteiger partial charge < -0.3 is 4.74 Å². The van der Waals surface area contributed by atoms with Gasteiger partial charge in [-0.2, -0.15) is 14.5 Å². The monoisotopic (exact) mass is 438 g/mol. The number of aryl methyl sites for hydroxylation is 3. The van der Waals surface area contributed by atoms with E-state index in [0.717, 1.165) is 38.5 Å². The van der Waals surface area contributed by atoms with Crippen molar-refractivity contribution in [3.8, 4) is 22.7 Å². The molecule has 0 fully saturated rings. The average molecular weight is 439 g/mol. The summed E-state index contributed by atoms with van der Waals surface area (Å²) in [5.74, 6) is 0.728. The summed E-state index contributed by atoms with van der Waals surface area (Å²) in [7, 11) is 3.49. The van der Waals surface area contributed by atoms with Gasteiger partial charge >= 0.3 is 5.69 Å². The molecule has 0 radical (unpaired) electrons. The van der Waals surface area contributed by atoms with Gasteiger partial charge in [-0.15, -0.1) is 0 Å². The quantitative estimate of drug-likeness (QED) is 0.476. The van der Waals surface area contributed by atoms with Crippen molar-refractivity contribution in [2.75, 3.05) is 0 Å². The standard InChI is InChI=1S/C22H23ClN6O2/c1-13-11-16(21-14(2)15(3)27(4)24-21)9-10-20(13)31-12-17-18(23)7-6-8-19(17)29-22(30)28(5)25-26-29/h6-11H,12H2,1-5H3. The van der Waals surface area contributed by atoms with Gasteiger partial charge in [0.15, 0.2) is 0 Å². The van der Waals surface area contributed by atoms with Crippen molar-refractivity contribution in [1.82, 2.24) is 29.6 Å². The predicted molar refractivity (Wildman–Crippen MR) is 119 cm³/mol. The Morgan fingerprint density at radius 3 is 2.42 bits per heavy atom. The average Bonchev–Trinajstić information content (AvgIpc) is 3.21. The summed E-state index contributed by atoms with van der Waals surface area (Å²) < 4.78 is 10.3. The summed E-state index contributed by atoms with van der Waals surface area (Å²) >= 11 is 6.42. The lowest BCUT2D eigenvalue weighted by Gasteiger charge is -2.14. The van der Waals surface area contributed by atoms with Gasteiger partial charge in [0.1, 0.15) is 12.4 Å². The second-order valence-corrected chi connectivity index (χ2v) is 7.89. The van der Waals surface area contributed by atoms with E-state index in [1.807, 2.05) is 30.8 Å². The molecule has 0 atom stereocenters. The number of nitrogens with zero attached hydrogens (tertiary/aromatic N) is 6. The van der Waals surface area contributed by atoms with E-state index in [0.29, 0.717) is 16.3 Å². The molecule has 160 valence electrons. The van der Waals surface area contributed by atoms with Crippen LogP contribution < -0.4 is 10.4 Å². The van der Waals surface area contributed by atoms with Crippen LogP contribution in [0.25, 0.3) is 16.9 Å². The van der Waals surface area contributed by atoms with Crippen molar-refractivity contribution < 1.29 is 4.74 Å². The van der Waals surface area contributed by atoms with Crippen molar-refractivity contribution in [2.45, 2.75) is 27.4 Å². The number of aromatic nitrogens is 6. The van der Waals surface area contributed by atoms with E-state index in [-0.39, 0.29) is 12.3 Å². The topological polar surface area (TPSA) is 79.8 Å². The number of rotatable bonds is 5. The van der Waals surface area contributed by atoms with Crippen LogP contribution in [-0.4, -0.2) is 29.6 Å². The van der Waals surface area contributed by atoms with Crippen molar-refractivity contribution in [3.05, 3.63) is 74.3 Å². The fourth-order valence-electron chi connectivity index (χ4n) is 3.45. The third-order valence-corrected chi connectivity index (χ3v) is 5.85. The summed E-state index contributed by atoms with van der Waals surface area (Å²) in [6.07, 6.45) is 0. The number of benzene rings is 2. The van der Waals surface area contributed by atoms with E-state index in [1.165, 1.54) is 4.68 Å². The van der Waals surface area contributed by atoms with Gasteiger partial charge in [0.2, 0.25) is 0 Å². The van der Waals surface area contributed by atoms with Gasteiger partial charge in [-0.3, -0.25) is 4.68 Å². The second-order valence-electron chi connectivity index (χ2n) is 7.49. The van der Waals surface area contributed by atoms with Gasteiger partial charge in [-0.1, -0.05) is 17.7 Å². The molecule has 0 spiro atoms. The van der Waals surface area contributed by atoms with Crippen molar-refractivity contribution >= 4 is 11.6 Å². The maximum Gasteiger partial charge on any atom is 0.368 e. The molecule has 0 aliphatic rings.